The average Bonchev–Trinajstić information content (AvgIpc) is 2.73. The van der Waals surface area contributed by atoms with Crippen LogP contribution in [0, 0.1) is 0 Å². The Morgan fingerprint density at radius 2 is 2.00 bits per heavy atom. The minimum Gasteiger partial charge on any atom is -0.496 e. The first kappa shape index (κ1) is 10.1. The molecule has 0 bridgehead atoms. The summed E-state index contributed by atoms with van der Waals surface area (Å²) in [6.07, 6.45) is 4.32. The van der Waals surface area contributed by atoms with Crippen LogP contribution < -0.4 is 10.5 Å². The zero-order valence-corrected chi connectivity index (χ0v) is 8.99. The number of hydrogen-bond acceptors (Lipinski definition) is 3. The summed E-state index contributed by atoms with van der Waals surface area (Å²) in [6.45, 7) is 2.06. The lowest BCUT2D eigenvalue weighted by Gasteiger charge is -2.13. The van der Waals surface area contributed by atoms with Gasteiger partial charge in [-0.15, -0.1) is 0 Å². The van der Waals surface area contributed by atoms with Crippen LogP contribution in [0.1, 0.15) is 24.9 Å². The Balaban J connectivity index is 2.59. The van der Waals surface area contributed by atoms with E-state index in [-0.39, 0.29) is 6.04 Å². The molecule has 3 heteroatoms. The van der Waals surface area contributed by atoms with Crippen molar-refractivity contribution in [3.63, 3.8) is 0 Å². The first-order valence-corrected chi connectivity index (χ1v) is 5.05. The molecule has 0 aliphatic rings. The molecule has 0 radical (unpaired) electrons. The predicted molar refractivity (Wildman–Crippen MR) is 60.0 cm³/mol. The molecule has 15 heavy (non-hydrogen) atoms. The van der Waals surface area contributed by atoms with E-state index in [0.717, 1.165) is 28.5 Å². The number of benzene rings is 1. The molecule has 0 aliphatic heterocycles. The zero-order chi connectivity index (χ0) is 10.8. The van der Waals surface area contributed by atoms with Gasteiger partial charge in [0, 0.05) is 22.4 Å². The molecule has 3 nitrogen and oxygen atoms in total. The van der Waals surface area contributed by atoms with Crippen molar-refractivity contribution in [2.75, 3.05) is 7.11 Å². The average molecular weight is 205 g/mol. The molecule has 1 aromatic carbocycles. The maximum atomic E-state index is 6.02. The molecule has 2 rings (SSSR count). The van der Waals surface area contributed by atoms with E-state index < -0.39 is 0 Å². The van der Waals surface area contributed by atoms with Gasteiger partial charge in [-0.2, -0.15) is 0 Å². The van der Waals surface area contributed by atoms with Gasteiger partial charge in [-0.1, -0.05) is 6.92 Å². The quantitative estimate of drug-likeness (QED) is 0.838. The third kappa shape index (κ3) is 1.70. The molecule has 0 unspecified atom stereocenters. The van der Waals surface area contributed by atoms with E-state index in [1.807, 2.05) is 12.1 Å². The molecular formula is C12H15NO2. The third-order valence-electron chi connectivity index (χ3n) is 2.66. The highest BCUT2D eigenvalue weighted by Crippen LogP contribution is 2.31. The molecule has 1 atom stereocenters. The van der Waals surface area contributed by atoms with Gasteiger partial charge in [0.05, 0.1) is 19.6 Å². The van der Waals surface area contributed by atoms with Crippen LogP contribution in [0.15, 0.2) is 29.1 Å². The van der Waals surface area contributed by atoms with Crippen molar-refractivity contribution in [2.24, 2.45) is 5.73 Å². The molecule has 1 aromatic heterocycles. The number of furan rings is 1. The number of methoxy groups -OCH3 is 1. The summed E-state index contributed by atoms with van der Waals surface area (Å²) >= 11 is 0. The van der Waals surface area contributed by atoms with Gasteiger partial charge in [0.25, 0.3) is 0 Å². The SMILES string of the molecule is CC[C@H](N)c1cc2cocc2cc1OC. The molecule has 80 valence electrons. The number of hydrogen-bond donors (Lipinski definition) is 1. The second-order valence-electron chi connectivity index (χ2n) is 3.61. The van der Waals surface area contributed by atoms with Crippen molar-refractivity contribution in [2.45, 2.75) is 19.4 Å². The van der Waals surface area contributed by atoms with Crippen molar-refractivity contribution in [3.05, 3.63) is 30.2 Å². The van der Waals surface area contributed by atoms with Gasteiger partial charge in [0.15, 0.2) is 0 Å². The summed E-state index contributed by atoms with van der Waals surface area (Å²) in [4.78, 5) is 0. The van der Waals surface area contributed by atoms with E-state index >= 15 is 0 Å². The Bertz CT molecular complexity index is 462. The number of rotatable bonds is 3. The van der Waals surface area contributed by atoms with E-state index in [4.69, 9.17) is 14.9 Å². The third-order valence-corrected chi connectivity index (χ3v) is 2.66. The summed E-state index contributed by atoms with van der Waals surface area (Å²) in [5.41, 5.74) is 7.06. The van der Waals surface area contributed by atoms with Crippen molar-refractivity contribution >= 4 is 10.8 Å². The van der Waals surface area contributed by atoms with E-state index in [9.17, 15) is 0 Å². The Labute approximate surface area is 88.8 Å². The minimum atomic E-state index is 0.0132. The van der Waals surface area contributed by atoms with Gasteiger partial charge in [-0.3, -0.25) is 0 Å². The lowest BCUT2D eigenvalue weighted by Crippen LogP contribution is -2.10. The van der Waals surface area contributed by atoms with Crippen molar-refractivity contribution < 1.29 is 9.15 Å². The van der Waals surface area contributed by atoms with Crippen LogP contribution in [0.2, 0.25) is 0 Å². The molecule has 0 spiro atoms. The highest BCUT2D eigenvalue weighted by molar-refractivity contribution is 5.83. The zero-order valence-electron chi connectivity index (χ0n) is 8.99. The fourth-order valence-electron chi connectivity index (χ4n) is 1.70. The summed E-state index contributed by atoms with van der Waals surface area (Å²) < 4.78 is 10.5. The Morgan fingerprint density at radius 3 is 2.60 bits per heavy atom. The van der Waals surface area contributed by atoms with Gasteiger partial charge in [0.2, 0.25) is 0 Å². The number of nitrogens with two attached hydrogens (primary N) is 1. The van der Waals surface area contributed by atoms with Gasteiger partial charge in [-0.25, -0.2) is 0 Å². The van der Waals surface area contributed by atoms with Crippen LogP contribution in [-0.4, -0.2) is 7.11 Å². The monoisotopic (exact) mass is 205 g/mol. The molecule has 0 aliphatic carbocycles. The molecule has 2 N–H and O–H groups in total. The second-order valence-corrected chi connectivity index (χ2v) is 3.61. The largest absolute Gasteiger partial charge is 0.496 e. The van der Waals surface area contributed by atoms with Gasteiger partial charge < -0.3 is 14.9 Å². The van der Waals surface area contributed by atoms with Crippen LogP contribution in [0.4, 0.5) is 0 Å². The maximum absolute atomic E-state index is 6.02. The van der Waals surface area contributed by atoms with E-state index in [1.54, 1.807) is 19.6 Å². The summed E-state index contributed by atoms with van der Waals surface area (Å²) in [7, 11) is 1.66. The Kier molecular flexibility index (Phi) is 2.64. The first-order valence-electron chi connectivity index (χ1n) is 5.05. The standard InChI is InChI=1S/C12H15NO2/c1-3-11(13)10-4-8-6-15-7-9(8)5-12(10)14-2/h4-7,11H,3,13H2,1-2H3/t11-/m0/s1. The molecule has 2 aromatic rings. The molecule has 0 saturated heterocycles. The van der Waals surface area contributed by atoms with Crippen molar-refractivity contribution in [1.29, 1.82) is 0 Å². The summed E-state index contributed by atoms with van der Waals surface area (Å²) in [5, 5.41) is 2.11. The normalized spacial score (nSPS) is 13.0. The van der Waals surface area contributed by atoms with Crippen LogP contribution in [-0.2, 0) is 0 Å². The topological polar surface area (TPSA) is 48.4 Å². The van der Waals surface area contributed by atoms with E-state index in [2.05, 4.69) is 6.92 Å². The van der Waals surface area contributed by atoms with Crippen molar-refractivity contribution in [1.82, 2.24) is 0 Å². The Morgan fingerprint density at radius 1 is 1.33 bits per heavy atom. The fourth-order valence-corrected chi connectivity index (χ4v) is 1.70. The number of fused-ring (bicyclic) bond motifs is 1. The highest BCUT2D eigenvalue weighted by Gasteiger charge is 2.12. The lowest BCUT2D eigenvalue weighted by atomic mass is 10.0. The fraction of sp³-hybridized carbons (Fsp3) is 0.333. The van der Waals surface area contributed by atoms with Crippen LogP contribution in [0.5, 0.6) is 5.75 Å². The van der Waals surface area contributed by atoms with Gasteiger partial charge >= 0.3 is 0 Å². The number of ether oxygens (including phenoxy) is 1. The van der Waals surface area contributed by atoms with Crippen LogP contribution >= 0.6 is 0 Å². The van der Waals surface area contributed by atoms with E-state index in [1.165, 1.54) is 0 Å². The molecular weight excluding hydrogens is 190 g/mol. The molecule has 0 fully saturated rings. The maximum Gasteiger partial charge on any atom is 0.124 e. The second kappa shape index (κ2) is 3.95. The highest BCUT2D eigenvalue weighted by atomic mass is 16.5. The smallest absolute Gasteiger partial charge is 0.124 e. The molecule has 0 amide bonds. The predicted octanol–water partition coefficient (Wildman–Crippen LogP) is 2.85. The van der Waals surface area contributed by atoms with E-state index in [0.29, 0.717) is 0 Å². The Hall–Kier alpha value is -1.48. The van der Waals surface area contributed by atoms with Crippen molar-refractivity contribution in [3.8, 4) is 5.75 Å². The minimum absolute atomic E-state index is 0.0132. The van der Waals surface area contributed by atoms with Gasteiger partial charge in [-0.05, 0) is 18.6 Å². The lowest BCUT2D eigenvalue weighted by molar-refractivity contribution is 0.406. The summed E-state index contributed by atoms with van der Waals surface area (Å²) in [6, 6.07) is 4.01. The first-order chi connectivity index (χ1) is 7.26. The summed E-state index contributed by atoms with van der Waals surface area (Å²) in [5.74, 6) is 0.832. The van der Waals surface area contributed by atoms with Crippen LogP contribution in [0.25, 0.3) is 10.8 Å². The van der Waals surface area contributed by atoms with Gasteiger partial charge in [0.1, 0.15) is 5.75 Å². The van der Waals surface area contributed by atoms with Crippen LogP contribution in [0.3, 0.4) is 0 Å². The molecule has 1 heterocycles. The molecule has 0 saturated carbocycles.